The molecule has 0 bridgehead atoms. The monoisotopic (exact) mass is 630 g/mol. The number of ether oxygens (including phenoxy) is 3. The van der Waals surface area contributed by atoms with Crippen LogP contribution in [0.1, 0.15) is 62.0 Å². The molecule has 0 saturated heterocycles. The SMILES string of the molecule is CCOC(=O)CCC[N+]1=C2C=C3Oc4cc(N(C)c5ccc([O-])cc5)ccc4C4(OC(=O)c5ccccc54)C3C=C2C(C)=CC1(C)C. The minimum absolute atomic E-state index is 0.0503. The van der Waals surface area contributed by atoms with Gasteiger partial charge in [0.25, 0.3) is 0 Å². The van der Waals surface area contributed by atoms with E-state index in [1.807, 2.05) is 61.3 Å². The van der Waals surface area contributed by atoms with Crippen LogP contribution in [-0.2, 0) is 19.9 Å². The average molecular weight is 631 g/mol. The van der Waals surface area contributed by atoms with E-state index in [0.717, 1.165) is 39.4 Å². The van der Waals surface area contributed by atoms with Crippen LogP contribution in [0.2, 0.25) is 0 Å². The molecule has 0 radical (unpaired) electrons. The van der Waals surface area contributed by atoms with Crippen molar-refractivity contribution in [3.05, 3.63) is 119 Å². The van der Waals surface area contributed by atoms with Crippen LogP contribution >= 0.6 is 0 Å². The van der Waals surface area contributed by atoms with Crippen LogP contribution in [0.5, 0.6) is 11.5 Å². The van der Waals surface area contributed by atoms with Crippen molar-refractivity contribution in [1.29, 1.82) is 0 Å². The molecule has 3 heterocycles. The van der Waals surface area contributed by atoms with E-state index in [-0.39, 0.29) is 23.2 Å². The molecule has 0 aromatic heterocycles. The van der Waals surface area contributed by atoms with E-state index in [4.69, 9.17) is 14.2 Å². The molecular weight excluding hydrogens is 592 g/mol. The Morgan fingerprint density at radius 1 is 1.04 bits per heavy atom. The van der Waals surface area contributed by atoms with Crippen molar-refractivity contribution < 1.29 is 33.5 Å². The molecule has 0 saturated carbocycles. The molecule has 2 atom stereocenters. The van der Waals surface area contributed by atoms with Gasteiger partial charge in [0, 0.05) is 67.5 Å². The Balaban J connectivity index is 1.38. The van der Waals surface area contributed by atoms with Crippen molar-refractivity contribution in [3.8, 4) is 11.5 Å². The second-order valence-electron chi connectivity index (χ2n) is 13.0. The van der Waals surface area contributed by atoms with Gasteiger partial charge >= 0.3 is 11.9 Å². The zero-order valence-electron chi connectivity index (χ0n) is 27.3. The molecule has 0 amide bonds. The summed E-state index contributed by atoms with van der Waals surface area (Å²) in [6.07, 6.45) is 7.51. The van der Waals surface area contributed by atoms with Gasteiger partial charge in [-0.3, -0.25) is 4.79 Å². The quantitative estimate of drug-likeness (QED) is 0.223. The largest absolute Gasteiger partial charge is 0.872 e. The number of fused-ring (bicyclic) bond motifs is 7. The second kappa shape index (κ2) is 11.3. The molecule has 7 rings (SSSR count). The van der Waals surface area contributed by atoms with Crippen LogP contribution in [0.25, 0.3) is 0 Å². The lowest BCUT2D eigenvalue weighted by Crippen LogP contribution is -2.47. The maximum atomic E-state index is 13.5. The van der Waals surface area contributed by atoms with Gasteiger partial charge in [-0.1, -0.05) is 36.4 Å². The van der Waals surface area contributed by atoms with Crippen LogP contribution < -0.4 is 14.7 Å². The van der Waals surface area contributed by atoms with E-state index in [1.165, 1.54) is 0 Å². The fraction of sp³-hybridized carbons (Fsp3) is 0.308. The van der Waals surface area contributed by atoms with Crippen molar-refractivity contribution in [2.75, 3.05) is 25.1 Å². The van der Waals surface area contributed by atoms with E-state index in [9.17, 15) is 14.7 Å². The molecule has 240 valence electrons. The van der Waals surface area contributed by atoms with Gasteiger partial charge in [0.05, 0.1) is 24.5 Å². The predicted octanol–water partition coefficient (Wildman–Crippen LogP) is 6.31. The van der Waals surface area contributed by atoms with E-state index in [1.54, 1.807) is 24.3 Å². The number of carbonyl (C=O) groups is 2. The number of carbonyl (C=O) groups excluding carboxylic acids is 2. The maximum Gasteiger partial charge on any atom is 0.339 e. The van der Waals surface area contributed by atoms with Crippen LogP contribution in [0.4, 0.5) is 11.4 Å². The highest BCUT2D eigenvalue weighted by molar-refractivity contribution is 6.10. The Kier molecular flexibility index (Phi) is 7.34. The lowest BCUT2D eigenvalue weighted by Gasteiger charge is -2.43. The molecule has 3 aromatic rings. The Morgan fingerprint density at radius 3 is 2.55 bits per heavy atom. The number of allylic oxidation sites excluding steroid dienone is 3. The van der Waals surface area contributed by atoms with Gasteiger partial charge in [-0.15, -0.1) is 5.75 Å². The molecular formula is C39H38N2O6. The first-order valence-corrected chi connectivity index (χ1v) is 16.1. The average Bonchev–Trinajstić information content (AvgIpc) is 3.34. The first-order chi connectivity index (χ1) is 22.5. The highest BCUT2D eigenvalue weighted by Gasteiger charge is 2.59. The number of rotatable bonds is 7. The standard InChI is InChI=1S/C39H38N2O6/c1-6-45-36(43)12-9-19-41-33-22-35-32(21-29(33)24(2)23-38(41,3)4)39(30-11-8-7-10-28(30)37(44)47-39)31-18-15-26(20-34(31)46-35)40(5)25-13-16-27(42)17-14-25/h7-8,10-11,13-18,20-23,32H,6,9,12,19H2,1-5H3. The summed E-state index contributed by atoms with van der Waals surface area (Å²) in [7, 11) is 1.94. The summed E-state index contributed by atoms with van der Waals surface area (Å²) in [5, 5.41) is 11.8. The van der Waals surface area contributed by atoms with Crippen LogP contribution in [0, 0.1) is 5.92 Å². The van der Waals surface area contributed by atoms with Gasteiger partial charge < -0.3 is 24.2 Å². The van der Waals surface area contributed by atoms with Gasteiger partial charge in [0.1, 0.15) is 18.1 Å². The highest BCUT2D eigenvalue weighted by Crippen LogP contribution is 2.57. The minimum Gasteiger partial charge on any atom is -0.872 e. The summed E-state index contributed by atoms with van der Waals surface area (Å²) in [6, 6.07) is 20.2. The molecule has 3 aliphatic heterocycles. The van der Waals surface area contributed by atoms with Crippen LogP contribution in [0.3, 0.4) is 0 Å². The van der Waals surface area contributed by atoms with Crippen LogP contribution in [-0.4, -0.2) is 48.0 Å². The first-order valence-electron chi connectivity index (χ1n) is 16.1. The summed E-state index contributed by atoms with van der Waals surface area (Å²) >= 11 is 0. The molecule has 8 nitrogen and oxygen atoms in total. The number of hydrogen-bond donors (Lipinski definition) is 0. The van der Waals surface area contributed by atoms with Gasteiger partial charge in [0.15, 0.2) is 11.1 Å². The Hall–Kier alpha value is -5.11. The number of esters is 2. The van der Waals surface area contributed by atoms with Gasteiger partial charge in [0.2, 0.25) is 5.71 Å². The van der Waals surface area contributed by atoms with E-state index < -0.39 is 11.5 Å². The number of hydrogen-bond acceptors (Lipinski definition) is 7. The Bertz CT molecular complexity index is 1930. The summed E-state index contributed by atoms with van der Waals surface area (Å²) in [4.78, 5) is 27.7. The lowest BCUT2D eigenvalue weighted by molar-refractivity contribution is -0.588. The third-order valence-electron chi connectivity index (χ3n) is 9.69. The van der Waals surface area contributed by atoms with Gasteiger partial charge in [-0.25, -0.2) is 9.37 Å². The third kappa shape index (κ3) is 4.94. The van der Waals surface area contributed by atoms with Crippen LogP contribution in [0.15, 0.2) is 102 Å². The highest BCUT2D eigenvalue weighted by atomic mass is 16.6. The number of nitrogens with zero attached hydrogens (tertiary/aromatic N) is 2. The zero-order valence-corrected chi connectivity index (χ0v) is 27.3. The second-order valence-corrected chi connectivity index (χ2v) is 13.0. The maximum absolute atomic E-state index is 13.5. The van der Waals surface area contributed by atoms with E-state index >= 15 is 0 Å². The van der Waals surface area contributed by atoms with Crippen molar-refractivity contribution in [2.24, 2.45) is 5.92 Å². The number of anilines is 2. The summed E-state index contributed by atoms with van der Waals surface area (Å²) in [5.41, 5.74) is 5.58. The Morgan fingerprint density at radius 2 is 1.79 bits per heavy atom. The van der Waals surface area contributed by atoms with Crippen molar-refractivity contribution in [3.63, 3.8) is 0 Å². The lowest BCUT2D eigenvalue weighted by atomic mass is 9.69. The third-order valence-corrected chi connectivity index (χ3v) is 9.69. The smallest absolute Gasteiger partial charge is 0.339 e. The van der Waals surface area contributed by atoms with E-state index in [2.05, 4.69) is 43.6 Å². The van der Waals surface area contributed by atoms with Gasteiger partial charge in [-0.2, -0.15) is 0 Å². The predicted molar refractivity (Wildman–Crippen MR) is 177 cm³/mol. The fourth-order valence-corrected chi connectivity index (χ4v) is 7.52. The van der Waals surface area contributed by atoms with Crippen molar-refractivity contribution >= 4 is 29.0 Å². The summed E-state index contributed by atoms with van der Waals surface area (Å²) in [6.45, 7) is 9.29. The summed E-state index contributed by atoms with van der Waals surface area (Å²) < 4.78 is 20.8. The fourth-order valence-electron chi connectivity index (χ4n) is 7.52. The van der Waals surface area contributed by atoms with Crippen molar-refractivity contribution in [2.45, 2.75) is 51.7 Å². The first kappa shape index (κ1) is 30.5. The molecule has 3 aromatic carbocycles. The molecule has 1 spiro atoms. The zero-order chi connectivity index (χ0) is 33.1. The topological polar surface area (TPSA) is 91.1 Å². The summed E-state index contributed by atoms with van der Waals surface area (Å²) in [5.74, 6) is 0.244. The Labute approximate surface area is 274 Å². The van der Waals surface area contributed by atoms with Crippen molar-refractivity contribution in [1.82, 2.24) is 0 Å². The molecule has 47 heavy (non-hydrogen) atoms. The molecule has 0 fully saturated rings. The number of benzene rings is 3. The molecule has 2 unspecified atom stereocenters. The minimum atomic E-state index is -1.13. The molecule has 1 aliphatic carbocycles. The molecule has 4 aliphatic rings. The molecule has 8 heteroatoms. The molecule has 0 N–H and O–H groups in total. The van der Waals surface area contributed by atoms with E-state index in [0.29, 0.717) is 43.1 Å². The normalized spacial score (nSPS) is 21.7. The van der Waals surface area contributed by atoms with Gasteiger partial charge in [-0.05, 0) is 55.8 Å².